The topological polar surface area (TPSA) is 9.23 Å². The molecule has 0 saturated heterocycles. The minimum atomic E-state index is 0.680. The molecule has 0 unspecified atom stereocenters. The number of fused-ring (bicyclic) bond motifs is 1. The highest BCUT2D eigenvalue weighted by molar-refractivity contribution is 9.10. The van der Waals surface area contributed by atoms with E-state index in [0.29, 0.717) is 6.61 Å². The molecule has 1 aromatic carbocycles. The zero-order valence-corrected chi connectivity index (χ0v) is 10.9. The van der Waals surface area contributed by atoms with E-state index in [2.05, 4.69) is 28.6 Å². The number of thiophene rings is 1. The Morgan fingerprint density at radius 3 is 3.00 bits per heavy atom. The number of halogens is 1. The molecule has 14 heavy (non-hydrogen) atoms. The van der Waals surface area contributed by atoms with Crippen molar-refractivity contribution in [2.24, 2.45) is 0 Å². The van der Waals surface area contributed by atoms with Crippen molar-refractivity contribution in [2.45, 2.75) is 11.8 Å². The first-order valence-electron chi connectivity index (χ1n) is 4.25. The first-order chi connectivity index (χ1) is 6.74. The third kappa shape index (κ3) is 1.66. The van der Waals surface area contributed by atoms with E-state index in [1.165, 1.54) is 4.70 Å². The van der Waals surface area contributed by atoms with Gasteiger partial charge in [-0.25, -0.2) is 0 Å². The zero-order chi connectivity index (χ0) is 10.1. The maximum absolute atomic E-state index is 5.55. The highest BCUT2D eigenvalue weighted by atomic mass is 79.9. The van der Waals surface area contributed by atoms with E-state index >= 15 is 0 Å². The largest absolute Gasteiger partial charge is 0.493 e. The van der Waals surface area contributed by atoms with Gasteiger partial charge in [0, 0.05) is 20.1 Å². The number of rotatable bonds is 2. The Labute approximate surface area is 101 Å². The van der Waals surface area contributed by atoms with Gasteiger partial charge in [-0.2, -0.15) is 0 Å². The van der Waals surface area contributed by atoms with E-state index in [1.807, 2.05) is 24.4 Å². The molecule has 0 aliphatic rings. The summed E-state index contributed by atoms with van der Waals surface area (Å²) in [4.78, 5) is 0.981. The van der Waals surface area contributed by atoms with Crippen molar-refractivity contribution in [3.05, 3.63) is 22.0 Å². The third-order valence-electron chi connectivity index (χ3n) is 1.92. The second-order valence-electron chi connectivity index (χ2n) is 2.80. The quantitative estimate of drug-likeness (QED) is 0.809. The Morgan fingerprint density at radius 1 is 1.50 bits per heavy atom. The van der Waals surface area contributed by atoms with E-state index in [4.69, 9.17) is 4.74 Å². The molecule has 0 N–H and O–H groups in total. The molecule has 0 spiro atoms. The Morgan fingerprint density at radius 2 is 2.29 bits per heavy atom. The molecule has 0 amide bonds. The fourth-order valence-corrected chi connectivity index (χ4v) is 3.27. The molecule has 0 fully saturated rings. The molecule has 2 rings (SSSR count). The van der Waals surface area contributed by atoms with Gasteiger partial charge >= 0.3 is 0 Å². The van der Waals surface area contributed by atoms with Crippen molar-refractivity contribution < 1.29 is 4.74 Å². The molecule has 4 heteroatoms. The normalized spacial score (nSPS) is 10.8. The van der Waals surface area contributed by atoms with Crippen LogP contribution in [-0.2, 0) is 0 Å². The number of thiol groups is 1. The molecule has 0 aliphatic heterocycles. The van der Waals surface area contributed by atoms with Gasteiger partial charge in [-0.15, -0.1) is 24.0 Å². The van der Waals surface area contributed by atoms with Gasteiger partial charge in [0.25, 0.3) is 0 Å². The van der Waals surface area contributed by atoms with Crippen molar-refractivity contribution in [3.8, 4) is 5.75 Å². The first-order valence-corrected chi connectivity index (χ1v) is 6.37. The van der Waals surface area contributed by atoms with E-state index < -0.39 is 0 Å². The fourth-order valence-electron chi connectivity index (χ4n) is 1.35. The number of ether oxygens (including phenoxy) is 1. The van der Waals surface area contributed by atoms with Crippen molar-refractivity contribution in [1.82, 2.24) is 0 Å². The molecule has 0 bridgehead atoms. The number of hydrogen-bond donors (Lipinski definition) is 1. The summed E-state index contributed by atoms with van der Waals surface area (Å²) in [5.41, 5.74) is 0. The van der Waals surface area contributed by atoms with Crippen LogP contribution < -0.4 is 4.74 Å². The molecule has 74 valence electrons. The zero-order valence-electron chi connectivity index (χ0n) is 7.58. The lowest BCUT2D eigenvalue weighted by molar-refractivity contribution is 0.344. The second-order valence-corrected chi connectivity index (χ2v) is 5.02. The minimum absolute atomic E-state index is 0.680. The van der Waals surface area contributed by atoms with Crippen LogP contribution in [0.2, 0.25) is 0 Å². The maximum Gasteiger partial charge on any atom is 0.129 e. The number of benzene rings is 1. The SMILES string of the molecule is CCOc1ccc(Br)c2scc(S)c12. The summed E-state index contributed by atoms with van der Waals surface area (Å²) < 4.78 is 7.84. The van der Waals surface area contributed by atoms with E-state index in [1.54, 1.807) is 11.3 Å². The van der Waals surface area contributed by atoms with Crippen LogP contribution in [0.3, 0.4) is 0 Å². The molecule has 1 nitrogen and oxygen atoms in total. The third-order valence-corrected chi connectivity index (χ3v) is 4.38. The van der Waals surface area contributed by atoms with Crippen molar-refractivity contribution in [2.75, 3.05) is 6.61 Å². The van der Waals surface area contributed by atoms with Crippen LogP contribution in [0.4, 0.5) is 0 Å². The van der Waals surface area contributed by atoms with Crippen molar-refractivity contribution in [3.63, 3.8) is 0 Å². The van der Waals surface area contributed by atoms with Crippen LogP contribution in [0.5, 0.6) is 5.75 Å². The first kappa shape index (κ1) is 10.3. The van der Waals surface area contributed by atoms with Crippen LogP contribution >= 0.6 is 39.9 Å². The molecule has 1 aromatic heterocycles. The maximum atomic E-state index is 5.55. The van der Waals surface area contributed by atoms with Gasteiger partial charge in [0.05, 0.1) is 11.3 Å². The Hall–Kier alpha value is -0.190. The summed E-state index contributed by atoms with van der Waals surface area (Å²) in [6.45, 7) is 2.66. The predicted molar refractivity (Wildman–Crippen MR) is 67.9 cm³/mol. The van der Waals surface area contributed by atoms with Crippen LogP contribution in [0, 0.1) is 0 Å². The van der Waals surface area contributed by atoms with E-state index in [-0.39, 0.29) is 0 Å². The van der Waals surface area contributed by atoms with Crippen LogP contribution in [-0.4, -0.2) is 6.61 Å². The lowest BCUT2D eigenvalue weighted by atomic mass is 10.2. The summed E-state index contributed by atoms with van der Waals surface area (Å²) in [6.07, 6.45) is 0. The van der Waals surface area contributed by atoms with Gasteiger partial charge in [-0.3, -0.25) is 0 Å². The van der Waals surface area contributed by atoms with Crippen molar-refractivity contribution in [1.29, 1.82) is 0 Å². The number of hydrogen-bond acceptors (Lipinski definition) is 3. The Kier molecular flexibility index (Phi) is 3.04. The average Bonchev–Trinajstić information content (AvgIpc) is 2.55. The lowest BCUT2D eigenvalue weighted by Crippen LogP contribution is -1.91. The highest BCUT2D eigenvalue weighted by Crippen LogP contribution is 2.40. The molecule has 0 radical (unpaired) electrons. The minimum Gasteiger partial charge on any atom is -0.493 e. The van der Waals surface area contributed by atoms with Crippen LogP contribution in [0.15, 0.2) is 26.9 Å². The summed E-state index contributed by atoms with van der Waals surface area (Å²) in [7, 11) is 0. The van der Waals surface area contributed by atoms with Gasteiger partial charge in [-0.1, -0.05) is 0 Å². The summed E-state index contributed by atoms with van der Waals surface area (Å²) in [6, 6.07) is 3.99. The molecule has 0 atom stereocenters. The molecular formula is C10H9BrOS2. The summed E-state index contributed by atoms with van der Waals surface area (Å²) in [5.74, 6) is 0.914. The highest BCUT2D eigenvalue weighted by Gasteiger charge is 2.10. The molecule has 0 saturated carbocycles. The molecule has 0 aliphatic carbocycles. The van der Waals surface area contributed by atoms with Gasteiger partial charge < -0.3 is 4.74 Å². The van der Waals surface area contributed by atoms with E-state index in [0.717, 1.165) is 20.5 Å². The Balaban J connectivity index is 2.72. The van der Waals surface area contributed by atoms with Gasteiger partial charge in [0.1, 0.15) is 5.75 Å². The van der Waals surface area contributed by atoms with Crippen LogP contribution in [0.1, 0.15) is 6.92 Å². The monoisotopic (exact) mass is 288 g/mol. The van der Waals surface area contributed by atoms with Gasteiger partial charge in [0.2, 0.25) is 0 Å². The van der Waals surface area contributed by atoms with Crippen LogP contribution in [0.25, 0.3) is 10.1 Å². The van der Waals surface area contributed by atoms with Gasteiger partial charge in [0.15, 0.2) is 0 Å². The van der Waals surface area contributed by atoms with Crippen molar-refractivity contribution >= 4 is 50.0 Å². The molecule has 2 aromatic rings. The molecular weight excluding hydrogens is 280 g/mol. The predicted octanol–water partition coefficient (Wildman–Crippen LogP) is 4.35. The standard InChI is InChI=1S/C10H9BrOS2/c1-2-12-7-4-3-6(11)10-9(7)8(13)5-14-10/h3-5,13H,2H2,1H3. The summed E-state index contributed by atoms with van der Waals surface area (Å²) >= 11 is 9.61. The summed E-state index contributed by atoms with van der Waals surface area (Å²) in [5, 5.41) is 3.13. The lowest BCUT2D eigenvalue weighted by Gasteiger charge is -2.05. The molecule has 1 heterocycles. The second kappa shape index (κ2) is 4.13. The Bertz CT molecular complexity index is 464. The fraction of sp³-hybridized carbons (Fsp3) is 0.200. The smallest absolute Gasteiger partial charge is 0.129 e. The average molecular weight is 289 g/mol. The van der Waals surface area contributed by atoms with Gasteiger partial charge in [-0.05, 0) is 35.0 Å². The van der Waals surface area contributed by atoms with E-state index in [9.17, 15) is 0 Å².